The molecule has 3 rings (SSSR count). The highest BCUT2D eigenvalue weighted by atomic mass is 35.5. The molecule has 2 atom stereocenters. The van der Waals surface area contributed by atoms with Gasteiger partial charge in [0.05, 0.1) is 6.10 Å². The summed E-state index contributed by atoms with van der Waals surface area (Å²) in [5, 5.41) is 12.0. The van der Waals surface area contributed by atoms with Crippen LogP contribution in [0, 0.1) is 5.92 Å². The van der Waals surface area contributed by atoms with Crippen LogP contribution in [0.15, 0.2) is 24.4 Å². The molecule has 0 saturated heterocycles. The van der Waals surface area contributed by atoms with Crippen molar-refractivity contribution < 1.29 is 5.11 Å². The zero-order valence-corrected chi connectivity index (χ0v) is 11.1. The summed E-state index contributed by atoms with van der Waals surface area (Å²) < 4.78 is 0. The van der Waals surface area contributed by atoms with Crippen LogP contribution in [0.5, 0.6) is 0 Å². The first-order chi connectivity index (χ1) is 8.74. The van der Waals surface area contributed by atoms with E-state index in [1.54, 1.807) is 0 Å². The molecule has 3 heteroatoms. The molecule has 0 amide bonds. The van der Waals surface area contributed by atoms with Gasteiger partial charge in [-0.2, -0.15) is 0 Å². The highest BCUT2D eigenvalue weighted by Crippen LogP contribution is 2.30. The first-order valence-electron chi connectivity index (χ1n) is 6.67. The largest absolute Gasteiger partial charge is 0.393 e. The highest BCUT2D eigenvalue weighted by Gasteiger charge is 2.24. The van der Waals surface area contributed by atoms with Gasteiger partial charge in [-0.25, -0.2) is 0 Å². The third kappa shape index (κ3) is 2.27. The number of aromatic amines is 1. The van der Waals surface area contributed by atoms with E-state index in [-0.39, 0.29) is 6.10 Å². The van der Waals surface area contributed by atoms with E-state index in [1.807, 2.05) is 18.2 Å². The van der Waals surface area contributed by atoms with Gasteiger partial charge in [0.25, 0.3) is 0 Å². The molecule has 1 aliphatic rings. The Labute approximate surface area is 112 Å². The molecule has 96 valence electrons. The molecule has 2 aromatic rings. The minimum atomic E-state index is -0.136. The predicted octanol–water partition coefficient (Wildman–Crippen LogP) is 3.91. The number of aliphatic hydroxyl groups excluding tert-OH is 1. The summed E-state index contributed by atoms with van der Waals surface area (Å²) in [5.74, 6) is 0.400. The Morgan fingerprint density at radius 1 is 1.28 bits per heavy atom. The van der Waals surface area contributed by atoms with Gasteiger partial charge in [0, 0.05) is 22.1 Å². The summed E-state index contributed by atoms with van der Waals surface area (Å²) in [7, 11) is 0. The Balaban J connectivity index is 1.87. The molecule has 0 spiro atoms. The minimum Gasteiger partial charge on any atom is -0.393 e. The number of fused-ring (bicyclic) bond motifs is 1. The van der Waals surface area contributed by atoms with Crippen LogP contribution in [-0.2, 0) is 6.42 Å². The van der Waals surface area contributed by atoms with Crippen LogP contribution in [-0.4, -0.2) is 16.2 Å². The maximum atomic E-state index is 10.1. The standard InChI is InChI=1S/C15H18ClNO/c16-12-5-6-14-13(8-12)11(9-17-14)7-10-3-1-2-4-15(10)18/h5-6,8-10,15,17-18H,1-4,7H2. The van der Waals surface area contributed by atoms with E-state index in [9.17, 15) is 5.11 Å². The summed E-state index contributed by atoms with van der Waals surface area (Å²) >= 11 is 6.06. The fourth-order valence-electron chi connectivity index (χ4n) is 3.03. The predicted molar refractivity (Wildman–Crippen MR) is 75.0 cm³/mol. The lowest BCUT2D eigenvalue weighted by Crippen LogP contribution is -2.26. The number of aromatic nitrogens is 1. The second kappa shape index (κ2) is 4.94. The van der Waals surface area contributed by atoms with Gasteiger partial charge < -0.3 is 10.1 Å². The van der Waals surface area contributed by atoms with Crippen LogP contribution < -0.4 is 0 Å². The van der Waals surface area contributed by atoms with Gasteiger partial charge in [-0.1, -0.05) is 24.4 Å². The molecule has 1 fully saturated rings. The summed E-state index contributed by atoms with van der Waals surface area (Å²) in [5.41, 5.74) is 2.40. The van der Waals surface area contributed by atoms with E-state index in [4.69, 9.17) is 11.6 Å². The summed E-state index contributed by atoms with van der Waals surface area (Å²) in [6, 6.07) is 5.93. The van der Waals surface area contributed by atoms with Gasteiger partial charge in [-0.15, -0.1) is 0 Å². The van der Waals surface area contributed by atoms with Crippen molar-refractivity contribution in [2.24, 2.45) is 5.92 Å². The van der Waals surface area contributed by atoms with Gasteiger partial charge in [0.15, 0.2) is 0 Å². The van der Waals surface area contributed by atoms with Crippen molar-refractivity contribution in [1.82, 2.24) is 4.98 Å². The first-order valence-corrected chi connectivity index (χ1v) is 7.05. The normalized spacial score (nSPS) is 24.6. The minimum absolute atomic E-state index is 0.136. The number of rotatable bonds is 2. The number of H-pyrrole nitrogens is 1. The molecule has 1 saturated carbocycles. The number of aliphatic hydroxyl groups is 1. The topological polar surface area (TPSA) is 36.0 Å². The van der Waals surface area contributed by atoms with E-state index in [0.29, 0.717) is 5.92 Å². The quantitative estimate of drug-likeness (QED) is 0.847. The van der Waals surface area contributed by atoms with Crippen molar-refractivity contribution in [3.8, 4) is 0 Å². The average Bonchev–Trinajstić information content (AvgIpc) is 2.75. The Morgan fingerprint density at radius 2 is 2.11 bits per heavy atom. The molecule has 2 unspecified atom stereocenters. The van der Waals surface area contributed by atoms with Crippen LogP contribution in [0.3, 0.4) is 0 Å². The Hall–Kier alpha value is -0.990. The van der Waals surface area contributed by atoms with E-state index < -0.39 is 0 Å². The highest BCUT2D eigenvalue weighted by molar-refractivity contribution is 6.31. The second-order valence-electron chi connectivity index (χ2n) is 5.32. The number of hydrogen-bond acceptors (Lipinski definition) is 1. The maximum Gasteiger partial charge on any atom is 0.0571 e. The summed E-state index contributed by atoms with van der Waals surface area (Å²) in [6.45, 7) is 0. The van der Waals surface area contributed by atoms with Crippen molar-refractivity contribution in [3.63, 3.8) is 0 Å². The van der Waals surface area contributed by atoms with Gasteiger partial charge in [0.2, 0.25) is 0 Å². The average molecular weight is 264 g/mol. The SMILES string of the molecule is OC1CCCCC1Cc1c[nH]c2ccc(Cl)cc12. The van der Waals surface area contributed by atoms with E-state index in [0.717, 1.165) is 36.2 Å². The van der Waals surface area contributed by atoms with Crippen molar-refractivity contribution in [1.29, 1.82) is 0 Å². The van der Waals surface area contributed by atoms with Crippen LogP contribution in [0.25, 0.3) is 10.9 Å². The zero-order valence-electron chi connectivity index (χ0n) is 10.3. The van der Waals surface area contributed by atoms with Crippen molar-refractivity contribution in [3.05, 3.63) is 35.0 Å². The lowest BCUT2D eigenvalue weighted by atomic mass is 9.82. The zero-order chi connectivity index (χ0) is 12.5. The van der Waals surface area contributed by atoms with E-state index in [1.165, 1.54) is 17.4 Å². The fraction of sp³-hybridized carbons (Fsp3) is 0.467. The molecule has 2 nitrogen and oxygen atoms in total. The molecule has 18 heavy (non-hydrogen) atoms. The number of nitrogens with one attached hydrogen (secondary N) is 1. The Morgan fingerprint density at radius 3 is 2.94 bits per heavy atom. The first kappa shape index (κ1) is 12.1. The lowest BCUT2D eigenvalue weighted by molar-refractivity contribution is 0.0702. The van der Waals surface area contributed by atoms with E-state index >= 15 is 0 Å². The van der Waals surface area contributed by atoms with Gasteiger partial charge in [-0.3, -0.25) is 0 Å². The molecule has 1 aliphatic carbocycles. The molecule has 0 aliphatic heterocycles. The van der Waals surface area contributed by atoms with Gasteiger partial charge in [0.1, 0.15) is 0 Å². The third-order valence-corrected chi connectivity index (χ3v) is 4.32. The number of halogens is 1. The lowest BCUT2D eigenvalue weighted by Gasteiger charge is -2.27. The third-order valence-electron chi connectivity index (χ3n) is 4.08. The summed E-state index contributed by atoms with van der Waals surface area (Å²) in [6.07, 6.45) is 7.36. The van der Waals surface area contributed by atoms with Crippen molar-refractivity contribution >= 4 is 22.5 Å². The summed E-state index contributed by atoms with van der Waals surface area (Å²) in [4.78, 5) is 3.28. The van der Waals surface area contributed by atoms with Crippen molar-refractivity contribution in [2.45, 2.75) is 38.2 Å². The van der Waals surface area contributed by atoms with Crippen molar-refractivity contribution in [2.75, 3.05) is 0 Å². The monoisotopic (exact) mass is 263 g/mol. The van der Waals surface area contributed by atoms with Crippen LogP contribution in [0.1, 0.15) is 31.2 Å². The second-order valence-corrected chi connectivity index (χ2v) is 5.76. The molecule has 1 heterocycles. The number of hydrogen-bond donors (Lipinski definition) is 2. The van der Waals surface area contributed by atoms with Gasteiger partial charge >= 0.3 is 0 Å². The Kier molecular flexibility index (Phi) is 3.31. The molecular weight excluding hydrogens is 246 g/mol. The molecule has 1 aromatic carbocycles. The van der Waals surface area contributed by atoms with E-state index in [2.05, 4.69) is 11.2 Å². The fourth-order valence-corrected chi connectivity index (χ4v) is 3.20. The maximum absolute atomic E-state index is 10.1. The van der Waals surface area contributed by atoms with Crippen LogP contribution in [0.2, 0.25) is 5.02 Å². The molecule has 1 aromatic heterocycles. The molecule has 2 N–H and O–H groups in total. The van der Waals surface area contributed by atoms with Crippen LogP contribution in [0.4, 0.5) is 0 Å². The molecule has 0 bridgehead atoms. The Bertz CT molecular complexity index is 548. The molecule has 0 radical (unpaired) electrons. The van der Waals surface area contributed by atoms with Gasteiger partial charge in [-0.05, 0) is 48.9 Å². The smallest absolute Gasteiger partial charge is 0.0571 e. The molecular formula is C15H18ClNO. The van der Waals surface area contributed by atoms with Crippen LogP contribution >= 0.6 is 11.6 Å². The number of benzene rings is 1.